The third-order valence-corrected chi connectivity index (χ3v) is 3.58. The molecule has 3 aliphatic rings. The molecule has 0 bridgehead atoms. The van der Waals surface area contributed by atoms with E-state index in [2.05, 4.69) is 0 Å². The van der Waals surface area contributed by atoms with Gasteiger partial charge >= 0.3 is 0 Å². The fraction of sp³-hybridized carbons (Fsp3) is 0.917. The van der Waals surface area contributed by atoms with Gasteiger partial charge in [0.1, 0.15) is 12.2 Å². The third-order valence-electron chi connectivity index (χ3n) is 3.58. The second-order valence-electron chi connectivity index (χ2n) is 5.45. The van der Waals surface area contributed by atoms with E-state index in [-0.39, 0.29) is 5.91 Å². The van der Waals surface area contributed by atoms with Crippen molar-refractivity contribution in [3.63, 3.8) is 0 Å². The van der Waals surface area contributed by atoms with E-state index in [4.69, 9.17) is 18.9 Å². The molecule has 7 nitrogen and oxygen atoms in total. The van der Waals surface area contributed by atoms with Crippen LogP contribution in [0.15, 0.2) is 0 Å². The average Bonchev–Trinajstić information content (AvgIpc) is 2.84. The highest BCUT2D eigenvalue weighted by molar-refractivity contribution is 5.82. The van der Waals surface area contributed by atoms with E-state index >= 15 is 0 Å². The standard InChI is InChI=1S/C12H19NO6/c1-12(2)18-9-7(14)8(17-11(9)19-12)10(15)13-3-5-16-6-4-13/h7-9,11,14H,3-6H2,1-2H3/t7-,8+,9+,11+/m1/s1. The zero-order valence-electron chi connectivity index (χ0n) is 11.1. The number of hydrogen-bond acceptors (Lipinski definition) is 6. The van der Waals surface area contributed by atoms with E-state index in [9.17, 15) is 9.90 Å². The predicted octanol–water partition coefficient (Wildman–Crippen LogP) is -0.917. The SMILES string of the molecule is CC1(C)O[C@@H]2O[C@H](C(=O)N3CCOCC3)[C@@H](O)[C@@H]2O1. The largest absolute Gasteiger partial charge is 0.387 e. The Morgan fingerprint density at radius 2 is 1.95 bits per heavy atom. The van der Waals surface area contributed by atoms with Gasteiger partial charge in [0.25, 0.3) is 5.91 Å². The van der Waals surface area contributed by atoms with E-state index in [1.54, 1.807) is 18.7 Å². The molecule has 3 fully saturated rings. The maximum absolute atomic E-state index is 12.3. The first-order valence-corrected chi connectivity index (χ1v) is 6.54. The molecule has 7 heteroatoms. The number of amides is 1. The second-order valence-corrected chi connectivity index (χ2v) is 5.45. The van der Waals surface area contributed by atoms with Crippen molar-refractivity contribution in [2.75, 3.05) is 26.3 Å². The van der Waals surface area contributed by atoms with Gasteiger partial charge in [0.15, 0.2) is 18.2 Å². The van der Waals surface area contributed by atoms with Crippen molar-refractivity contribution >= 4 is 5.91 Å². The van der Waals surface area contributed by atoms with Crippen molar-refractivity contribution < 1.29 is 28.8 Å². The van der Waals surface area contributed by atoms with E-state index in [0.29, 0.717) is 26.3 Å². The Kier molecular flexibility index (Phi) is 3.26. The molecular formula is C12H19NO6. The molecule has 0 aromatic rings. The molecule has 4 atom stereocenters. The van der Waals surface area contributed by atoms with E-state index < -0.39 is 30.4 Å². The molecular weight excluding hydrogens is 254 g/mol. The smallest absolute Gasteiger partial charge is 0.254 e. The third kappa shape index (κ3) is 2.36. The summed E-state index contributed by atoms with van der Waals surface area (Å²) in [6.07, 6.45) is -3.20. The number of hydrogen-bond donors (Lipinski definition) is 1. The molecule has 0 aromatic heterocycles. The minimum absolute atomic E-state index is 0.227. The molecule has 3 aliphatic heterocycles. The van der Waals surface area contributed by atoms with Gasteiger partial charge < -0.3 is 29.0 Å². The topological polar surface area (TPSA) is 77.5 Å². The van der Waals surface area contributed by atoms with Gasteiger partial charge in [-0.2, -0.15) is 0 Å². The number of ether oxygens (including phenoxy) is 4. The molecule has 0 unspecified atom stereocenters. The van der Waals surface area contributed by atoms with Crippen LogP contribution in [0, 0.1) is 0 Å². The Labute approximate surface area is 111 Å². The van der Waals surface area contributed by atoms with Crippen LogP contribution in [0.2, 0.25) is 0 Å². The molecule has 108 valence electrons. The maximum Gasteiger partial charge on any atom is 0.254 e. The van der Waals surface area contributed by atoms with Crippen LogP contribution < -0.4 is 0 Å². The Hall–Kier alpha value is -0.730. The molecule has 0 radical (unpaired) electrons. The Balaban J connectivity index is 1.66. The first-order chi connectivity index (χ1) is 8.98. The molecule has 0 aliphatic carbocycles. The van der Waals surface area contributed by atoms with E-state index in [0.717, 1.165) is 0 Å². The van der Waals surface area contributed by atoms with Crippen LogP contribution in [0.4, 0.5) is 0 Å². The maximum atomic E-state index is 12.3. The molecule has 0 saturated carbocycles. The number of rotatable bonds is 1. The van der Waals surface area contributed by atoms with Gasteiger partial charge in [-0.3, -0.25) is 4.79 Å². The van der Waals surface area contributed by atoms with Gasteiger partial charge in [-0.05, 0) is 13.8 Å². The summed E-state index contributed by atoms with van der Waals surface area (Å²) in [5, 5.41) is 10.2. The predicted molar refractivity (Wildman–Crippen MR) is 62.1 cm³/mol. The van der Waals surface area contributed by atoms with Crippen molar-refractivity contribution in [1.82, 2.24) is 4.90 Å². The van der Waals surface area contributed by atoms with Crippen molar-refractivity contribution in [3.8, 4) is 0 Å². The molecule has 0 aromatic carbocycles. The van der Waals surface area contributed by atoms with Gasteiger partial charge in [-0.1, -0.05) is 0 Å². The van der Waals surface area contributed by atoms with Crippen molar-refractivity contribution in [2.24, 2.45) is 0 Å². The molecule has 3 heterocycles. The molecule has 1 amide bonds. The van der Waals surface area contributed by atoms with E-state index in [1.807, 2.05) is 0 Å². The summed E-state index contributed by atoms with van der Waals surface area (Å²) in [5.74, 6) is -1.02. The number of aliphatic hydroxyl groups is 1. The van der Waals surface area contributed by atoms with Gasteiger partial charge in [0.05, 0.1) is 13.2 Å². The lowest BCUT2D eigenvalue weighted by Gasteiger charge is -2.30. The minimum Gasteiger partial charge on any atom is -0.387 e. The summed E-state index contributed by atoms with van der Waals surface area (Å²) in [6, 6.07) is 0. The van der Waals surface area contributed by atoms with Crippen molar-refractivity contribution in [3.05, 3.63) is 0 Å². The quantitative estimate of drug-likeness (QED) is 0.666. The van der Waals surface area contributed by atoms with Crippen LogP contribution in [-0.2, 0) is 23.7 Å². The lowest BCUT2D eigenvalue weighted by atomic mass is 10.1. The number of fused-ring (bicyclic) bond motifs is 1. The van der Waals surface area contributed by atoms with Crippen LogP contribution in [0.5, 0.6) is 0 Å². The lowest BCUT2D eigenvalue weighted by Crippen LogP contribution is -2.50. The summed E-state index contributed by atoms with van der Waals surface area (Å²) < 4.78 is 21.8. The Morgan fingerprint density at radius 1 is 1.26 bits per heavy atom. The van der Waals surface area contributed by atoms with Gasteiger partial charge in [0.2, 0.25) is 0 Å². The molecule has 3 rings (SSSR count). The average molecular weight is 273 g/mol. The first-order valence-electron chi connectivity index (χ1n) is 6.54. The summed E-state index contributed by atoms with van der Waals surface area (Å²) in [5.41, 5.74) is 0. The Bertz CT molecular complexity index is 367. The Morgan fingerprint density at radius 3 is 2.58 bits per heavy atom. The second kappa shape index (κ2) is 4.68. The van der Waals surface area contributed by atoms with Crippen molar-refractivity contribution in [1.29, 1.82) is 0 Å². The zero-order valence-corrected chi connectivity index (χ0v) is 11.1. The van der Waals surface area contributed by atoms with Crippen LogP contribution >= 0.6 is 0 Å². The van der Waals surface area contributed by atoms with Gasteiger partial charge in [0, 0.05) is 13.1 Å². The van der Waals surface area contributed by atoms with E-state index in [1.165, 1.54) is 0 Å². The zero-order chi connectivity index (χ0) is 13.6. The molecule has 19 heavy (non-hydrogen) atoms. The van der Waals surface area contributed by atoms with Crippen LogP contribution in [0.25, 0.3) is 0 Å². The highest BCUT2D eigenvalue weighted by Gasteiger charge is 2.56. The first kappa shape index (κ1) is 13.3. The van der Waals surface area contributed by atoms with Gasteiger partial charge in [-0.25, -0.2) is 0 Å². The van der Waals surface area contributed by atoms with Crippen LogP contribution in [0.3, 0.4) is 0 Å². The van der Waals surface area contributed by atoms with Gasteiger partial charge in [-0.15, -0.1) is 0 Å². The van der Waals surface area contributed by atoms with Crippen molar-refractivity contribution in [2.45, 2.75) is 44.2 Å². The number of morpholine rings is 1. The highest BCUT2D eigenvalue weighted by Crippen LogP contribution is 2.37. The summed E-state index contributed by atoms with van der Waals surface area (Å²) >= 11 is 0. The fourth-order valence-electron chi connectivity index (χ4n) is 2.66. The normalized spacial score (nSPS) is 41.3. The van der Waals surface area contributed by atoms with Crippen LogP contribution in [0.1, 0.15) is 13.8 Å². The monoisotopic (exact) mass is 273 g/mol. The summed E-state index contributed by atoms with van der Waals surface area (Å²) in [7, 11) is 0. The summed E-state index contributed by atoms with van der Waals surface area (Å²) in [6.45, 7) is 5.57. The molecule has 3 saturated heterocycles. The minimum atomic E-state index is -0.998. The summed E-state index contributed by atoms with van der Waals surface area (Å²) in [4.78, 5) is 13.9. The fourth-order valence-corrected chi connectivity index (χ4v) is 2.66. The lowest BCUT2D eigenvalue weighted by molar-refractivity contribution is -0.217. The molecule has 0 spiro atoms. The highest BCUT2D eigenvalue weighted by atomic mass is 16.8. The number of carbonyl (C=O) groups excluding carboxylic acids is 1. The number of carbonyl (C=O) groups is 1. The number of aliphatic hydroxyl groups excluding tert-OH is 1. The van der Waals surface area contributed by atoms with Crippen LogP contribution in [-0.4, -0.2) is 72.6 Å². The number of nitrogens with zero attached hydrogens (tertiary/aromatic N) is 1. The molecule has 1 N–H and O–H groups in total.